The molecule has 0 heterocycles. The second-order valence-electron chi connectivity index (χ2n) is 11.1. The zero-order chi connectivity index (χ0) is 24.7. The van der Waals surface area contributed by atoms with Crippen LogP contribution in [0.15, 0.2) is 0 Å². The van der Waals surface area contributed by atoms with Crippen LogP contribution in [0.3, 0.4) is 0 Å². The molecule has 0 aliphatic carbocycles. The van der Waals surface area contributed by atoms with E-state index in [4.69, 9.17) is 15.3 Å². The van der Waals surface area contributed by atoms with Gasteiger partial charge in [0.1, 0.15) is 12.2 Å². The van der Waals surface area contributed by atoms with Crippen molar-refractivity contribution in [3.8, 4) is 12.3 Å². The Morgan fingerprint density at radius 2 is 1.03 bits per heavy atom. The Kier molecular flexibility index (Phi) is 12.8. The summed E-state index contributed by atoms with van der Waals surface area (Å²) in [6.45, 7) is 27.0. The topological polar surface area (TPSA) is 58.9 Å². The lowest BCUT2D eigenvalue weighted by Crippen LogP contribution is -2.55. The van der Waals surface area contributed by atoms with E-state index in [1.807, 2.05) is 0 Å². The van der Waals surface area contributed by atoms with Crippen molar-refractivity contribution >= 4 is 16.6 Å². The summed E-state index contributed by atoms with van der Waals surface area (Å²) in [5, 5.41) is 21.5. The van der Waals surface area contributed by atoms with Crippen LogP contribution < -0.4 is 0 Å². The molecular formula is C25H52O4Si2. The van der Waals surface area contributed by atoms with Crippen molar-refractivity contribution in [1.82, 2.24) is 0 Å². The molecule has 1 unspecified atom stereocenters. The fraction of sp³-hybridized carbons (Fsp3) is 0.920. The van der Waals surface area contributed by atoms with Crippen molar-refractivity contribution in [2.45, 2.75) is 141 Å². The number of hydrogen-bond acceptors (Lipinski definition) is 4. The highest BCUT2D eigenvalue weighted by atomic mass is 28.4. The highest BCUT2D eigenvalue weighted by molar-refractivity contribution is 6.78. The average Bonchev–Trinajstić information content (AvgIpc) is 2.63. The number of rotatable bonds is 14. The van der Waals surface area contributed by atoms with E-state index in [1.165, 1.54) is 0 Å². The molecule has 6 heteroatoms. The van der Waals surface area contributed by atoms with Crippen LogP contribution >= 0.6 is 0 Å². The Morgan fingerprint density at radius 3 is 1.32 bits per heavy atom. The molecule has 0 aliphatic heterocycles. The van der Waals surface area contributed by atoms with Gasteiger partial charge in [0, 0.05) is 6.42 Å². The standard InChI is InChI=1S/C25H52O4Si2/c1-14-23(26)15-25(29-31(20(8)9,21(10)11)22(12)13)24(27)16-28-30(17(2)3,18(4)5)19(6)7/h1,17-27H,15-16H2,2-13H3/t23?,24-,25+/m1/s1. The smallest absolute Gasteiger partial charge is 0.200 e. The minimum Gasteiger partial charge on any atom is -0.413 e. The van der Waals surface area contributed by atoms with Gasteiger partial charge in [0.25, 0.3) is 0 Å². The molecule has 0 aromatic carbocycles. The molecule has 0 saturated carbocycles. The quantitative estimate of drug-likeness (QED) is 0.224. The molecule has 4 nitrogen and oxygen atoms in total. The number of aliphatic hydroxyl groups excluding tert-OH is 2. The van der Waals surface area contributed by atoms with Gasteiger partial charge in [-0.2, -0.15) is 0 Å². The lowest BCUT2D eigenvalue weighted by molar-refractivity contribution is -0.0227. The van der Waals surface area contributed by atoms with Crippen molar-refractivity contribution in [1.29, 1.82) is 0 Å². The predicted molar refractivity (Wildman–Crippen MR) is 138 cm³/mol. The minimum atomic E-state index is -2.26. The highest BCUT2D eigenvalue weighted by Crippen LogP contribution is 2.45. The Morgan fingerprint density at radius 1 is 0.677 bits per heavy atom. The van der Waals surface area contributed by atoms with Crippen LogP contribution in [-0.4, -0.2) is 51.8 Å². The maximum atomic E-state index is 11.3. The molecule has 0 saturated heterocycles. The van der Waals surface area contributed by atoms with E-state index in [0.29, 0.717) is 33.2 Å². The van der Waals surface area contributed by atoms with Crippen molar-refractivity contribution in [2.75, 3.05) is 6.61 Å². The third-order valence-electron chi connectivity index (χ3n) is 7.35. The second kappa shape index (κ2) is 12.9. The number of aliphatic hydroxyl groups is 2. The number of hydrogen-bond donors (Lipinski definition) is 2. The molecule has 31 heavy (non-hydrogen) atoms. The maximum absolute atomic E-state index is 11.3. The Balaban J connectivity index is 5.96. The first-order valence-corrected chi connectivity index (χ1v) is 16.5. The van der Waals surface area contributed by atoms with E-state index in [1.54, 1.807) is 0 Å². The zero-order valence-corrected chi connectivity index (χ0v) is 24.4. The van der Waals surface area contributed by atoms with Crippen LogP contribution in [0.5, 0.6) is 0 Å². The monoisotopic (exact) mass is 472 g/mol. The number of terminal acetylenes is 1. The lowest BCUT2D eigenvalue weighted by atomic mass is 10.1. The van der Waals surface area contributed by atoms with Crippen molar-refractivity contribution in [3.05, 3.63) is 0 Å². The third kappa shape index (κ3) is 7.16. The van der Waals surface area contributed by atoms with E-state index in [9.17, 15) is 10.2 Å². The summed E-state index contributed by atoms with van der Waals surface area (Å²) in [5.74, 6) is 2.40. The lowest BCUT2D eigenvalue weighted by Gasteiger charge is -2.46. The fourth-order valence-electron chi connectivity index (χ4n) is 6.08. The van der Waals surface area contributed by atoms with Gasteiger partial charge in [-0.15, -0.1) is 6.42 Å². The van der Waals surface area contributed by atoms with Gasteiger partial charge in [-0.05, 0) is 33.2 Å². The van der Waals surface area contributed by atoms with Gasteiger partial charge in [-0.1, -0.05) is 89.0 Å². The minimum absolute atomic E-state index is 0.224. The molecule has 0 fully saturated rings. The molecule has 0 radical (unpaired) electrons. The first-order valence-electron chi connectivity index (χ1n) is 12.2. The molecular weight excluding hydrogens is 420 g/mol. The molecule has 0 bridgehead atoms. The molecule has 0 amide bonds. The molecule has 2 N–H and O–H groups in total. The van der Waals surface area contributed by atoms with Gasteiger partial charge < -0.3 is 19.1 Å². The predicted octanol–water partition coefficient (Wildman–Crippen LogP) is 6.48. The fourth-order valence-corrected chi connectivity index (χ4v) is 17.1. The zero-order valence-electron chi connectivity index (χ0n) is 22.4. The van der Waals surface area contributed by atoms with Gasteiger partial charge in [-0.25, -0.2) is 0 Å². The SMILES string of the molecule is C#CC(O)C[C@H](O[Si](C(C)C)(C(C)C)C(C)C)[C@H](O)CO[Si](C(C)C)(C(C)C)C(C)C. The summed E-state index contributed by atoms with van der Waals surface area (Å²) in [6.07, 6.45) is 3.39. The third-order valence-corrected chi connectivity index (χ3v) is 19.6. The van der Waals surface area contributed by atoms with Gasteiger partial charge >= 0.3 is 0 Å². The summed E-state index contributed by atoms with van der Waals surface area (Å²) < 4.78 is 13.5. The Labute approximate surface area is 195 Å². The molecule has 3 atom stereocenters. The normalized spacial score (nSPS) is 16.6. The van der Waals surface area contributed by atoms with Crippen LogP contribution in [0.25, 0.3) is 0 Å². The summed E-state index contributed by atoms with van der Waals surface area (Å²) >= 11 is 0. The molecule has 184 valence electrons. The second-order valence-corrected chi connectivity index (χ2v) is 22.0. The van der Waals surface area contributed by atoms with E-state index >= 15 is 0 Å². The first kappa shape index (κ1) is 30.8. The summed E-state index contributed by atoms with van der Waals surface area (Å²) in [5.41, 5.74) is 2.44. The van der Waals surface area contributed by atoms with Crippen LogP contribution in [0.4, 0.5) is 0 Å². The van der Waals surface area contributed by atoms with E-state index in [-0.39, 0.29) is 13.0 Å². The molecule has 0 aliphatic rings. The first-order chi connectivity index (χ1) is 14.1. The molecule has 0 rings (SSSR count). The summed E-state index contributed by atoms with van der Waals surface area (Å²) in [6, 6.07) is 0. The van der Waals surface area contributed by atoms with Gasteiger partial charge in [-0.3, -0.25) is 0 Å². The molecule has 0 aromatic heterocycles. The summed E-state index contributed by atoms with van der Waals surface area (Å²) in [4.78, 5) is 0. The highest BCUT2D eigenvalue weighted by Gasteiger charge is 2.49. The average molecular weight is 473 g/mol. The van der Waals surface area contributed by atoms with Gasteiger partial charge in [0.15, 0.2) is 8.32 Å². The Hall–Kier alpha value is -0.166. The Bertz CT molecular complexity index is 509. The molecule has 0 spiro atoms. The van der Waals surface area contributed by atoms with Crippen LogP contribution in [0.2, 0.25) is 33.2 Å². The largest absolute Gasteiger partial charge is 0.413 e. The van der Waals surface area contributed by atoms with Crippen LogP contribution in [0, 0.1) is 12.3 Å². The van der Waals surface area contributed by atoms with E-state index in [2.05, 4.69) is 89.0 Å². The van der Waals surface area contributed by atoms with Gasteiger partial charge in [0.2, 0.25) is 8.32 Å². The molecule has 0 aromatic rings. The van der Waals surface area contributed by atoms with E-state index in [0.717, 1.165) is 0 Å². The van der Waals surface area contributed by atoms with Gasteiger partial charge in [0.05, 0.1) is 12.7 Å². The van der Waals surface area contributed by atoms with Crippen LogP contribution in [0.1, 0.15) is 89.5 Å². The summed E-state index contributed by atoms with van der Waals surface area (Å²) in [7, 11) is -4.37. The van der Waals surface area contributed by atoms with Crippen molar-refractivity contribution < 1.29 is 19.1 Å². The van der Waals surface area contributed by atoms with Crippen molar-refractivity contribution in [3.63, 3.8) is 0 Å². The maximum Gasteiger partial charge on any atom is 0.200 e. The van der Waals surface area contributed by atoms with Crippen LogP contribution in [-0.2, 0) is 8.85 Å². The van der Waals surface area contributed by atoms with E-state index < -0.39 is 34.9 Å². The van der Waals surface area contributed by atoms with Crippen molar-refractivity contribution in [2.24, 2.45) is 0 Å².